The molecule has 3 fully saturated rings. The Labute approximate surface area is 352 Å². The second-order valence-electron chi connectivity index (χ2n) is 17.3. The number of carbonyl (C=O) groups is 5. The first kappa shape index (κ1) is 47.1. The van der Waals surface area contributed by atoms with Gasteiger partial charge in [0, 0.05) is 18.0 Å². The minimum Gasteiger partial charge on any atom is -0.444 e. The van der Waals surface area contributed by atoms with Crippen molar-refractivity contribution in [1.82, 2.24) is 20.3 Å². The van der Waals surface area contributed by atoms with Crippen LogP contribution in [-0.2, 0) is 51.5 Å². The Balaban J connectivity index is 0.000000624. The van der Waals surface area contributed by atoms with Gasteiger partial charge >= 0.3 is 12.2 Å². The lowest BCUT2D eigenvalue weighted by molar-refractivity contribution is -0.143. The zero-order valence-corrected chi connectivity index (χ0v) is 36.4. The van der Waals surface area contributed by atoms with Crippen molar-refractivity contribution in [1.29, 1.82) is 0 Å². The standard InChI is InChI=1S/C34H49N5O9S.C9H9NO/c1-9-20-12-11-13-22(16-20)35-30(43)47-23-17-25(39(19-23)28(41)26(32(3,4)5)36-31(44)48-33(6,7)8)27(40)37-34(18-21(34)10-2)29(42)38-49(45,46)24-14-15-24;1-2-8-4-3-5-9(6-8)10-7-11/h10-13,16,21,23-26H,2,9,14-15,17-19H2,1,3-8H3,(H,35,43)(H,36,44)(H,37,40)(H,38,42);3-6H,2H2,1H3/t21?,23-,25+,26-,34-;/m1./s1. The molecule has 2 saturated carbocycles. The highest BCUT2D eigenvalue weighted by molar-refractivity contribution is 7.91. The van der Waals surface area contributed by atoms with E-state index in [-0.39, 0.29) is 19.4 Å². The van der Waals surface area contributed by atoms with Gasteiger partial charge in [0.25, 0.3) is 5.91 Å². The second-order valence-corrected chi connectivity index (χ2v) is 19.3. The van der Waals surface area contributed by atoms with Gasteiger partial charge in [0.2, 0.25) is 27.9 Å². The van der Waals surface area contributed by atoms with E-state index in [1.165, 1.54) is 22.6 Å². The number of isocyanates is 1. The Bertz CT molecular complexity index is 2100. The van der Waals surface area contributed by atoms with E-state index in [2.05, 4.69) is 39.2 Å². The van der Waals surface area contributed by atoms with E-state index in [0.29, 0.717) is 24.2 Å². The van der Waals surface area contributed by atoms with E-state index in [0.717, 1.165) is 18.4 Å². The monoisotopic (exact) mass is 850 g/mol. The first-order valence-electron chi connectivity index (χ1n) is 20.1. The van der Waals surface area contributed by atoms with E-state index in [4.69, 9.17) is 9.47 Å². The minimum absolute atomic E-state index is 0.110. The third kappa shape index (κ3) is 12.7. The van der Waals surface area contributed by atoms with Crippen LogP contribution < -0.4 is 20.7 Å². The first-order chi connectivity index (χ1) is 28.0. The lowest BCUT2D eigenvalue weighted by Gasteiger charge is -2.36. The highest BCUT2D eigenvalue weighted by Gasteiger charge is 2.62. The topological polar surface area (TPSA) is 219 Å². The van der Waals surface area contributed by atoms with Gasteiger partial charge < -0.3 is 25.0 Å². The molecule has 0 radical (unpaired) electrons. The van der Waals surface area contributed by atoms with E-state index >= 15 is 0 Å². The average Bonchev–Trinajstić information content (AvgIpc) is 4.10. The van der Waals surface area contributed by atoms with E-state index in [9.17, 15) is 37.2 Å². The van der Waals surface area contributed by atoms with Gasteiger partial charge in [0.05, 0.1) is 17.5 Å². The summed E-state index contributed by atoms with van der Waals surface area (Å²) in [7, 11) is -3.91. The number of rotatable bonds is 13. The van der Waals surface area contributed by atoms with Gasteiger partial charge in [-0.3, -0.25) is 24.4 Å². The molecule has 5 rings (SSSR count). The Morgan fingerprint density at radius 3 is 2.17 bits per heavy atom. The number of carbonyl (C=O) groups excluding carboxylic acids is 6. The lowest BCUT2D eigenvalue weighted by Crippen LogP contribution is -2.60. The number of ether oxygens (including phenoxy) is 2. The normalized spacial score (nSPS) is 21.4. The van der Waals surface area contributed by atoms with E-state index in [1.807, 2.05) is 31.2 Å². The number of nitrogens with one attached hydrogen (secondary N) is 4. The number of sulfonamides is 1. The third-order valence-electron chi connectivity index (χ3n) is 10.2. The molecule has 16 nitrogen and oxygen atoms in total. The van der Waals surface area contributed by atoms with Crippen LogP contribution in [-0.4, -0.2) is 90.4 Å². The van der Waals surface area contributed by atoms with Gasteiger partial charge in [-0.05, 0) is 93.7 Å². The van der Waals surface area contributed by atoms with Crippen LogP contribution in [0.3, 0.4) is 0 Å². The molecule has 0 bridgehead atoms. The SMILES string of the molecule is C=CC1C[C@]1(NC(=O)[C@@H]1C[C@@H](OC(=O)Nc2cccc(CC)c2)CN1C(=O)[C@@H](NC(=O)OC(C)(C)C)C(C)(C)C)C(=O)NS(=O)(=O)C1CC1.CCc1cccc(N=C=O)c1. The summed E-state index contributed by atoms with van der Waals surface area (Å²) in [6.07, 6.45) is 3.00. The quantitative estimate of drug-likeness (QED) is 0.111. The van der Waals surface area contributed by atoms with Crippen molar-refractivity contribution in [2.24, 2.45) is 16.3 Å². The van der Waals surface area contributed by atoms with Crippen molar-refractivity contribution >= 4 is 57.4 Å². The molecular weight excluding hydrogens is 793 g/mol. The van der Waals surface area contributed by atoms with Crippen LogP contribution in [0.15, 0.2) is 66.2 Å². The molecule has 1 unspecified atom stereocenters. The summed E-state index contributed by atoms with van der Waals surface area (Å²) >= 11 is 0. The highest BCUT2D eigenvalue weighted by Crippen LogP contribution is 2.45. The summed E-state index contributed by atoms with van der Waals surface area (Å²) in [5.41, 5.74) is 0.0893. The molecule has 1 heterocycles. The van der Waals surface area contributed by atoms with Gasteiger partial charge in [-0.2, -0.15) is 4.99 Å². The lowest BCUT2D eigenvalue weighted by atomic mass is 9.85. The second kappa shape index (κ2) is 19.2. The van der Waals surface area contributed by atoms with Crippen LogP contribution in [0.25, 0.3) is 0 Å². The molecule has 2 aliphatic carbocycles. The third-order valence-corrected chi connectivity index (χ3v) is 12.0. The molecule has 326 valence electrons. The van der Waals surface area contributed by atoms with Crippen molar-refractivity contribution in [2.75, 3.05) is 11.9 Å². The summed E-state index contributed by atoms with van der Waals surface area (Å²) in [6, 6.07) is 12.4. The van der Waals surface area contributed by atoms with Crippen LogP contribution in [0.4, 0.5) is 21.0 Å². The Morgan fingerprint density at radius 2 is 1.62 bits per heavy atom. The van der Waals surface area contributed by atoms with Crippen LogP contribution in [0.2, 0.25) is 0 Å². The molecule has 5 amide bonds. The number of anilines is 1. The summed E-state index contributed by atoms with van der Waals surface area (Å²) in [5, 5.41) is 7.36. The molecule has 0 aromatic heterocycles. The number of hydrogen-bond donors (Lipinski definition) is 4. The molecule has 1 saturated heterocycles. The number of aliphatic imine (C=N–C) groups is 1. The largest absolute Gasteiger partial charge is 0.444 e. The summed E-state index contributed by atoms with van der Waals surface area (Å²) < 4.78 is 38.4. The van der Waals surface area contributed by atoms with Crippen molar-refractivity contribution in [3.05, 3.63) is 72.3 Å². The molecule has 2 aromatic carbocycles. The van der Waals surface area contributed by atoms with E-state index in [1.54, 1.807) is 65.8 Å². The van der Waals surface area contributed by atoms with Crippen LogP contribution >= 0.6 is 0 Å². The predicted molar refractivity (Wildman–Crippen MR) is 225 cm³/mol. The summed E-state index contributed by atoms with van der Waals surface area (Å²) in [6.45, 7) is 17.8. The van der Waals surface area contributed by atoms with Gasteiger partial charge in [0.1, 0.15) is 29.3 Å². The minimum atomic E-state index is -3.91. The number of aryl methyl sites for hydroxylation is 2. The number of hydrogen-bond acceptors (Lipinski definition) is 11. The van der Waals surface area contributed by atoms with Crippen LogP contribution in [0.1, 0.15) is 92.2 Å². The number of benzene rings is 2. The number of alkyl carbamates (subject to hydrolysis) is 1. The van der Waals surface area contributed by atoms with Crippen molar-refractivity contribution in [3.63, 3.8) is 0 Å². The molecule has 4 N–H and O–H groups in total. The molecule has 60 heavy (non-hydrogen) atoms. The van der Waals surface area contributed by atoms with Crippen LogP contribution in [0, 0.1) is 11.3 Å². The zero-order chi connectivity index (χ0) is 44.6. The molecule has 2 aromatic rings. The van der Waals surface area contributed by atoms with Crippen molar-refractivity contribution < 1.29 is 46.7 Å². The number of amides is 5. The van der Waals surface area contributed by atoms with Crippen LogP contribution in [0.5, 0.6) is 0 Å². The number of nitrogens with zero attached hydrogens (tertiary/aromatic N) is 2. The Morgan fingerprint density at radius 1 is 0.983 bits per heavy atom. The maximum atomic E-state index is 14.3. The average molecular weight is 851 g/mol. The van der Waals surface area contributed by atoms with Gasteiger partial charge in [0.15, 0.2) is 0 Å². The molecule has 17 heteroatoms. The van der Waals surface area contributed by atoms with Crippen molar-refractivity contribution in [2.45, 2.75) is 128 Å². The van der Waals surface area contributed by atoms with Gasteiger partial charge in [-0.15, -0.1) is 6.58 Å². The smallest absolute Gasteiger partial charge is 0.411 e. The molecule has 3 aliphatic rings. The Hall–Kier alpha value is -5.54. The van der Waals surface area contributed by atoms with Gasteiger partial charge in [-0.1, -0.05) is 65.0 Å². The molecule has 1 aliphatic heterocycles. The Kier molecular flexibility index (Phi) is 15.1. The molecular formula is C43H58N6O10S. The fourth-order valence-electron chi connectivity index (χ4n) is 6.70. The fourth-order valence-corrected chi connectivity index (χ4v) is 8.06. The highest BCUT2D eigenvalue weighted by atomic mass is 32.2. The zero-order valence-electron chi connectivity index (χ0n) is 35.6. The summed E-state index contributed by atoms with van der Waals surface area (Å²) in [4.78, 5) is 82.0. The predicted octanol–water partition coefficient (Wildman–Crippen LogP) is 5.59. The van der Waals surface area contributed by atoms with Crippen molar-refractivity contribution in [3.8, 4) is 0 Å². The first-order valence-corrected chi connectivity index (χ1v) is 21.6. The maximum absolute atomic E-state index is 14.3. The molecule has 0 spiro atoms. The fraction of sp³-hybridized carbons (Fsp3) is 0.535. The maximum Gasteiger partial charge on any atom is 0.411 e. The molecule has 5 atom stereocenters. The number of likely N-dealkylation sites (tertiary alicyclic amines) is 1. The summed E-state index contributed by atoms with van der Waals surface area (Å²) in [5.74, 6) is -2.81. The van der Waals surface area contributed by atoms with E-state index < -0.39 is 85.8 Å². The van der Waals surface area contributed by atoms with Gasteiger partial charge in [-0.25, -0.2) is 22.8 Å².